The molecular weight excluding hydrogens is 130 g/mol. The van der Waals surface area contributed by atoms with Crippen LogP contribution in [0.3, 0.4) is 0 Å². The van der Waals surface area contributed by atoms with Crippen LogP contribution < -0.4 is 5.32 Å². The van der Waals surface area contributed by atoms with Crippen molar-refractivity contribution >= 4 is 11.8 Å². The number of rotatable bonds is 1. The molecule has 0 saturated carbocycles. The molecule has 0 amide bonds. The maximum atomic E-state index is 3.46. The van der Waals surface area contributed by atoms with Gasteiger partial charge in [-0.15, -0.1) is 0 Å². The van der Waals surface area contributed by atoms with Gasteiger partial charge in [-0.05, 0) is 26.0 Å². The van der Waals surface area contributed by atoms with Gasteiger partial charge < -0.3 is 5.32 Å². The average Bonchev–Trinajstić information content (AvgIpc) is 1.90. The molecule has 0 aromatic carbocycles. The summed E-state index contributed by atoms with van der Waals surface area (Å²) in [6, 6.07) is 0.758. The lowest BCUT2D eigenvalue weighted by molar-refractivity contribution is 0.433. The van der Waals surface area contributed by atoms with Crippen LogP contribution in [0.15, 0.2) is 0 Å². The second-order valence-electron chi connectivity index (χ2n) is 2.74. The van der Waals surface area contributed by atoms with Crippen molar-refractivity contribution in [2.75, 3.05) is 12.8 Å². The van der Waals surface area contributed by atoms with Gasteiger partial charge in [0, 0.05) is 17.8 Å². The third kappa shape index (κ3) is 2.18. The lowest BCUT2D eigenvalue weighted by Gasteiger charge is -2.25. The van der Waals surface area contributed by atoms with E-state index in [1.165, 1.54) is 19.4 Å². The van der Waals surface area contributed by atoms with Gasteiger partial charge in [-0.25, -0.2) is 0 Å². The zero-order chi connectivity index (χ0) is 6.69. The SMILES string of the molecule is CS[C@H]1CCC(C)NC1. The molecule has 2 heteroatoms. The molecule has 2 atom stereocenters. The molecule has 0 spiro atoms. The Kier molecular flexibility index (Phi) is 2.86. The molecule has 1 fully saturated rings. The van der Waals surface area contributed by atoms with Gasteiger partial charge in [0.2, 0.25) is 0 Å². The number of nitrogens with one attached hydrogen (secondary N) is 1. The molecule has 1 nitrogen and oxygen atoms in total. The van der Waals surface area contributed by atoms with E-state index in [9.17, 15) is 0 Å². The fraction of sp³-hybridized carbons (Fsp3) is 1.00. The highest BCUT2D eigenvalue weighted by Crippen LogP contribution is 2.17. The van der Waals surface area contributed by atoms with Crippen LogP contribution in [0, 0.1) is 0 Å². The van der Waals surface area contributed by atoms with Crippen LogP contribution in [0.5, 0.6) is 0 Å². The van der Waals surface area contributed by atoms with Gasteiger partial charge in [0.15, 0.2) is 0 Å². The summed E-state index contributed by atoms with van der Waals surface area (Å²) in [5.74, 6) is 0. The summed E-state index contributed by atoms with van der Waals surface area (Å²) in [7, 11) is 0. The Morgan fingerprint density at radius 2 is 2.22 bits per heavy atom. The quantitative estimate of drug-likeness (QED) is 0.600. The molecule has 0 aromatic heterocycles. The second-order valence-corrected chi connectivity index (χ2v) is 3.88. The molecule has 1 rings (SSSR count). The summed E-state index contributed by atoms with van der Waals surface area (Å²) in [6.45, 7) is 3.47. The van der Waals surface area contributed by atoms with Crippen LogP contribution in [-0.4, -0.2) is 24.1 Å². The number of thioether (sulfide) groups is 1. The molecule has 1 aliphatic heterocycles. The standard InChI is InChI=1S/C7H15NS/c1-6-3-4-7(9-2)5-8-6/h6-8H,3-5H2,1-2H3/t6?,7-/m0/s1. The van der Waals surface area contributed by atoms with Crippen LogP contribution in [0.1, 0.15) is 19.8 Å². The Balaban J connectivity index is 2.18. The second kappa shape index (κ2) is 3.47. The Labute approximate surface area is 61.6 Å². The first kappa shape index (κ1) is 7.42. The van der Waals surface area contributed by atoms with Crippen LogP contribution >= 0.6 is 11.8 Å². The van der Waals surface area contributed by atoms with E-state index in [1.54, 1.807) is 0 Å². The highest BCUT2D eigenvalue weighted by Gasteiger charge is 2.15. The minimum absolute atomic E-state index is 0.758. The predicted octanol–water partition coefficient (Wildman–Crippen LogP) is 1.49. The lowest BCUT2D eigenvalue weighted by Crippen LogP contribution is -2.38. The smallest absolute Gasteiger partial charge is 0.0170 e. The maximum absolute atomic E-state index is 3.46. The zero-order valence-corrected chi connectivity index (χ0v) is 7.00. The molecule has 0 aliphatic carbocycles. The van der Waals surface area contributed by atoms with E-state index in [-0.39, 0.29) is 0 Å². The molecule has 0 radical (unpaired) electrons. The van der Waals surface area contributed by atoms with E-state index in [0.29, 0.717) is 0 Å². The van der Waals surface area contributed by atoms with Gasteiger partial charge >= 0.3 is 0 Å². The van der Waals surface area contributed by atoms with Crippen molar-refractivity contribution < 1.29 is 0 Å². The van der Waals surface area contributed by atoms with E-state index in [0.717, 1.165) is 11.3 Å². The van der Waals surface area contributed by atoms with Gasteiger partial charge in [0.05, 0.1) is 0 Å². The highest BCUT2D eigenvalue weighted by molar-refractivity contribution is 7.99. The molecule has 0 bridgehead atoms. The van der Waals surface area contributed by atoms with Crippen molar-refractivity contribution in [2.24, 2.45) is 0 Å². The summed E-state index contributed by atoms with van der Waals surface area (Å²) < 4.78 is 0. The molecular formula is C7H15NS. The summed E-state index contributed by atoms with van der Waals surface area (Å²) in [5.41, 5.74) is 0. The third-order valence-corrected chi connectivity index (χ3v) is 3.02. The topological polar surface area (TPSA) is 12.0 Å². The lowest BCUT2D eigenvalue weighted by atomic mass is 10.1. The first-order chi connectivity index (χ1) is 4.33. The Morgan fingerprint density at radius 1 is 1.44 bits per heavy atom. The van der Waals surface area contributed by atoms with Gasteiger partial charge in [0.1, 0.15) is 0 Å². The van der Waals surface area contributed by atoms with Gasteiger partial charge in [-0.3, -0.25) is 0 Å². The molecule has 1 N–H and O–H groups in total. The van der Waals surface area contributed by atoms with Gasteiger partial charge in [-0.2, -0.15) is 11.8 Å². The fourth-order valence-corrected chi connectivity index (χ4v) is 1.81. The molecule has 9 heavy (non-hydrogen) atoms. The Bertz CT molecular complexity index is 77.0. The number of piperidine rings is 1. The van der Waals surface area contributed by atoms with E-state index in [1.807, 2.05) is 11.8 Å². The summed E-state index contributed by atoms with van der Waals surface area (Å²) >= 11 is 1.99. The molecule has 1 aliphatic rings. The summed E-state index contributed by atoms with van der Waals surface area (Å²) in [4.78, 5) is 0. The van der Waals surface area contributed by atoms with Crippen molar-refractivity contribution in [1.29, 1.82) is 0 Å². The molecule has 1 saturated heterocycles. The van der Waals surface area contributed by atoms with Crippen molar-refractivity contribution in [3.05, 3.63) is 0 Å². The number of hydrogen-bond donors (Lipinski definition) is 1. The molecule has 1 unspecified atom stereocenters. The minimum Gasteiger partial charge on any atom is -0.313 e. The first-order valence-electron chi connectivity index (χ1n) is 3.59. The van der Waals surface area contributed by atoms with Crippen molar-refractivity contribution in [2.45, 2.75) is 31.1 Å². The minimum atomic E-state index is 0.758. The molecule has 0 aromatic rings. The maximum Gasteiger partial charge on any atom is 0.0170 e. The normalized spacial score (nSPS) is 36.7. The predicted molar refractivity (Wildman–Crippen MR) is 44.0 cm³/mol. The van der Waals surface area contributed by atoms with Crippen LogP contribution in [0.25, 0.3) is 0 Å². The van der Waals surface area contributed by atoms with Crippen LogP contribution in [0.4, 0.5) is 0 Å². The van der Waals surface area contributed by atoms with Crippen molar-refractivity contribution in [3.8, 4) is 0 Å². The zero-order valence-electron chi connectivity index (χ0n) is 6.18. The largest absolute Gasteiger partial charge is 0.313 e. The summed E-state index contributed by atoms with van der Waals surface area (Å²) in [5, 5.41) is 4.34. The van der Waals surface area contributed by atoms with Crippen molar-refractivity contribution in [3.63, 3.8) is 0 Å². The van der Waals surface area contributed by atoms with Crippen LogP contribution in [-0.2, 0) is 0 Å². The fourth-order valence-electron chi connectivity index (χ4n) is 1.17. The van der Waals surface area contributed by atoms with Crippen LogP contribution in [0.2, 0.25) is 0 Å². The average molecular weight is 145 g/mol. The van der Waals surface area contributed by atoms with E-state index in [2.05, 4.69) is 18.5 Å². The number of hydrogen-bond acceptors (Lipinski definition) is 2. The Hall–Kier alpha value is 0.310. The monoisotopic (exact) mass is 145 g/mol. The first-order valence-corrected chi connectivity index (χ1v) is 4.88. The van der Waals surface area contributed by atoms with Crippen molar-refractivity contribution in [1.82, 2.24) is 5.32 Å². The van der Waals surface area contributed by atoms with Gasteiger partial charge in [0.25, 0.3) is 0 Å². The molecule has 54 valence electrons. The summed E-state index contributed by atoms with van der Waals surface area (Å²) in [6.07, 6.45) is 4.95. The Morgan fingerprint density at radius 3 is 2.67 bits per heavy atom. The highest BCUT2D eigenvalue weighted by atomic mass is 32.2. The van der Waals surface area contributed by atoms with E-state index in [4.69, 9.17) is 0 Å². The molecule has 1 heterocycles. The third-order valence-electron chi connectivity index (χ3n) is 1.95. The van der Waals surface area contributed by atoms with Gasteiger partial charge in [-0.1, -0.05) is 0 Å². The van der Waals surface area contributed by atoms with E-state index >= 15 is 0 Å². The van der Waals surface area contributed by atoms with E-state index < -0.39 is 0 Å².